The Hall–Kier alpha value is -1.59. The molecule has 0 saturated carbocycles. The molecule has 1 aromatic rings. The van der Waals surface area contributed by atoms with E-state index in [0.717, 1.165) is 45.6 Å². The maximum atomic E-state index is 12.6. The Bertz CT molecular complexity index is 555. The number of anilines is 1. The first-order valence-electron chi connectivity index (χ1n) is 9.14. The molecule has 2 aliphatic heterocycles. The number of aliphatic hydroxyl groups excluding tert-OH is 1. The molecule has 2 aliphatic rings. The Kier molecular flexibility index (Phi) is 5.74. The van der Waals surface area contributed by atoms with E-state index in [1.165, 1.54) is 11.3 Å². The number of hydrogen-bond donors (Lipinski definition) is 1. The predicted molar refractivity (Wildman–Crippen MR) is 96.3 cm³/mol. The van der Waals surface area contributed by atoms with Crippen LogP contribution in [0.1, 0.15) is 25.3 Å². The first kappa shape index (κ1) is 17.2. The van der Waals surface area contributed by atoms with Crippen molar-refractivity contribution in [1.82, 2.24) is 9.80 Å². The summed E-state index contributed by atoms with van der Waals surface area (Å²) in [5.74, 6) is 0.258. The molecule has 1 aromatic carbocycles. The van der Waals surface area contributed by atoms with Crippen LogP contribution < -0.4 is 4.90 Å². The Balaban J connectivity index is 1.53. The van der Waals surface area contributed by atoms with Crippen LogP contribution in [0, 0.1) is 0 Å². The number of aryl methyl sites for hydroxylation is 1. The fourth-order valence-electron chi connectivity index (χ4n) is 3.84. The lowest BCUT2D eigenvalue weighted by atomic mass is 9.96. The van der Waals surface area contributed by atoms with Crippen molar-refractivity contribution < 1.29 is 9.90 Å². The molecule has 24 heavy (non-hydrogen) atoms. The van der Waals surface area contributed by atoms with Crippen molar-refractivity contribution in [2.45, 2.75) is 32.2 Å². The zero-order valence-electron chi connectivity index (χ0n) is 14.7. The van der Waals surface area contributed by atoms with Crippen LogP contribution in [0.4, 0.5) is 5.69 Å². The number of amides is 1. The SMILES string of the molecule is C[C@H]1CCc2ccccc2N1CCC(=O)N1CCN(CCO)CC1. The molecule has 1 saturated heterocycles. The summed E-state index contributed by atoms with van der Waals surface area (Å²) in [5, 5.41) is 9.00. The Morgan fingerprint density at radius 3 is 2.67 bits per heavy atom. The molecule has 5 nitrogen and oxygen atoms in total. The van der Waals surface area contributed by atoms with Gasteiger partial charge in [-0.25, -0.2) is 0 Å². The smallest absolute Gasteiger partial charge is 0.224 e. The van der Waals surface area contributed by atoms with E-state index in [1.54, 1.807) is 0 Å². The van der Waals surface area contributed by atoms with Crippen LogP contribution in [-0.4, -0.2) is 72.7 Å². The van der Waals surface area contributed by atoms with E-state index in [-0.39, 0.29) is 12.5 Å². The van der Waals surface area contributed by atoms with Crippen LogP contribution in [-0.2, 0) is 11.2 Å². The highest BCUT2D eigenvalue weighted by Gasteiger charge is 2.25. The van der Waals surface area contributed by atoms with E-state index in [4.69, 9.17) is 5.11 Å². The fraction of sp³-hybridized carbons (Fsp3) is 0.632. The number of benzene rings is 1. The minimum atomic E-state index is 0.195. The molecular weight excluding hydrogens is 302 g/mol. The van der Waals surface area contributed by atoms with Crippen LogP contribution in [0.2, 0.25) is 0 Å². The molecule has 0 bridgehead atoms. The fourth-order valence-corrected chi connectivity index (χ4v) is 3.84. The number of piperazine rings is 1. The second kappa shape index (κ2) is 7.99. The normalized spacial score (nSPS) is 21.7. The van der Waals surface area contributed by atoms with Gasteiger partial charge in [-0.05, 0) is 31.4 Å². The monoisotopic (exact) mass is 331 g/mol. The molecule has 1 atom stereocenters. The molecule has 1 fully saturated rings. The third kappa shape index (κ3) is 3.90. The third-order valence-electron chi connectivity index (χ3n) is 5.37. The Morgan fingerprint density at radius 1 is 1.17 bits per heavy atom. The lowest BCUT2D eigenvalue weighted by Gasteiger charge is -2.38. The van der Waals surface area contributed by atoms with Crippen LogP contribution in [0.5, 0.6) is 0 Å². The largest absolute Gasteiger partial charge is 0.395 e. The number of aliphatic hydroxyl groups is 1. The molecule has 132 valence electrons. The van der Waals surface area contributed by atoms with Crippen molar-refractivity contribution in [2.24, 2.45) is 0 Å². The van der Waals surface area contributed by atoms with Gasteiger partial charge in [-0.15, -0.1) is 0 Å². The van der Waals surface area contributed by atoms with Gasteiger partial charge in [0, 0.05) is 57.4 Å². The topological polar surface area (TPSA) is 47.0 Å². The van der Waals surface area contributed by atoms with Crippen molar-refractivity contribution in [1.29, 1.82) is 0 Å². The number of carbonyl (C=O) groups excluding carboxylic acids is 1. The first-order chi connectivity index (χ1) is 11.7. The van der Waals surface area contributed by atoms with Crippen LogP contribution in [0.3, 0.4) is 0 Å². The van der Waals surface area contributed by atoms with Gasteiger partial charge in [-0.1, -0.05) is 18.2 Å². The molecule has 1 N–H and O–H groups in total. The van der Waals surface area contributed by atoms with Crippen molar-refractivity contribution in [2.75, 3.05) is 50.8 Å². The van der Waals surface area contributed by atoms with Crippen molar-refractivity contribution >= 4 is 11.6 Å². The Labute approximate surface area is 144 Å². The van der Waals surface area contributed by atoms with Gasteiger partial charge < -0.3 is 14.9 Å². The summed E-state index contributed by atoms with van der Waals surface area (Å²) < 4.78 is 0. The van der Waals surface area contributed by atoms with Gasteiger partial charge in [0.2, 0.25) is 5.91 Å². The highest BCUT2D eigenvalue weighted by atomic mass is 16.3. The first-order valence-corrected chi connectivity index (χ1v) is 9.14. The maximum Gasteiger partial charge on any atom is 0.224 e. The molecule has 0 radical (unpaired) electrons. The number of nitrogens with zero attached hydrogens (tertiary/aromatic N) is 3. The maximum absolute atomic E-state index is 12.6. The highest BCUT2D eigenvalue weighted by Crippen LogP contribution is 2.30. The quantitative estimate of drug-likeness (QED) is 0.885. The molecule has 5 heteroatoms. The summed E-state index contributed by atoms with van der Waals surface area (Å²) in [6.45, 7) is 7.27. The van der Waals surface area contributed by atoms with Gasteiger partial charge >= 0.3 is 0 Å². The summed E-state index contributed by atoms with van der Waals surface area (Å²) in [5.41, 5.74) is 2.71. The van der Waals surface area contributed by atoms with E-state index in [2.05, 4.69) is 41.0 Å². The van der Waals surface area contributed by atoms with E-state index in [0.29, 0.717) is 19.0 Å². The van der Waals surface area contributed by atoms with Gasteiger partial charge in [0.05, 0.1) is 6.61 Å². The Morgan fingerprint density at radius 2 is 1.92 bits per heavy atom. The van der Waals surface area contributed by atoms with E-state index < -0.39 is 0 Å². The standard InChI is InChI=1S/C19H29N3O2/c1-16-6-7-17-4-2-3-5-18(17)22(16)9-8-19(24)21-12-10-20(11-13-21)14-15-23/h2-5,16,23H,6-15H2,1H3/t16-/m0/s1. The average molecular weight is 331 g/mol. The molecule has 1 amide bonds. The molecule has 0 spiro atoms. The number of hydrogen-bond acceptors (Lipinski definition) is 4. The van der Waals surface area contributed by atoms with Crippen LogP contribution in [0.25, 0.3) is 0 Å². The minimum Gasteiger partial charge on any atom is -0.395 e. The molecule has 2 heterocycles. The highest BCUT2D eigenvalue weighted by molar-refractivity contribution is 5.77. The summed E-state index contributed by atoms with van der Waals surface area (Å²) in [6.07, 6.45) is 2.87. The lowest BCUT2D eigenvalue weighted by molar-refractivity contribution is -0.132. The second-order valence-corrected chi connectivity index (χ2v) is 6.91. The summed E-state index contributed by atoms with van der Waals surface area (Å²) in [7, 11) is 0. The number of β-amino-alcohol motifs (C(OH)–C–C–N with tert-alkyl or cyclic N) is 1. The van der Waals surface area contributed by atoms with Gasteiger partial charge in [-0.2, -0.15) is 0 Å². The molecule has 3 rings (SSSR count). The van der Waals surface area contributed by atoms with E-state index >= 15 is 0 Å². The van der Waals surface area contributed by atoms with Crippen LogP contribution in [0.15, 0.2) is 24.3 Å². The van der Waals surface area contributed by atoms with Gasteiger partial charge in [0.15, 0.2) is 0 Å². The second-order valence-electron chi connectivity index (χ2n) is 6.91. The van der Waals surface area contributed by atoms with Crippen molar-refractivity contribution in [3.63, 3.8) is 0 Å². The summed E-state index contributed by atoms with van der Waals surface area (Å²) >= 11 is 0. The zero-order chi connectivity index (χ0) is 16.9. The molecule has 0 aromatic heterocycles. The minimum absolute atomic E-state index is 0.195. The number of rotatable bonds is 5. The van der Waals surface area contributed by atoms with Crippen molar-refractivity contribution in [3.05, 3.63) is 29.8 Å². The zero-order valence-corrected chi connectivity index (χ0v) is 14.7. The van der Waals surface area contributed by atoms with Crippen molar-refractivity contribution in [3.8, 4) is 0 Å². The van der Waals surface area contributed by atoms with Crippen LogP contribution >= 0.6 is 0 Å². The number of para-hydroxylation sites is 1. The molecule has 0 aliphatic carbocycles. The third-order valence-corrected chi connectivity index (χ3v) is 5.37. The number of carbonyl (C=O) groups is 1. The van der Waals surface area contributed by atoms with Gasteiger partial charge in [0.25, 0.3) is 0 Å². The van der Waals surface area contributed by atoms with E-state index in [9.17, 15) is 4.79 Å². The number of fused-ring (bicyclic) bond motifs is 1. The summed E-state index contributed by atoms with van der Waals surface area (Å²) in [6, 6.07) is 9.07. The van der Waals surface area contributed by atoms with E-state index in [1.807, 2.05) is 4.90 Å². The summed E-state index contributed by atoms with van der Waals surface area (Å²) in [4.78, 5) is 19.2. The van der Waals surface area contributed by atoms with Gasteiger partial charge in [-0.3, -0.25) is 9.69 Å². The molecule has 0 unspecified atom stereocenters. The lowest BCUT2D eigenvalue weighted by Crippen LogP contribution is -2.50. The average Bonchev–Trinajstić information content (AvgIpc) is 2.61. The molecular formula is C19H29N3O2. The predicted octanol–water partition coefficient (Wildman–Crippen LogP) is 1.35. The van der Waals surface area contributed by atoms with Gasteiger partial charge in [0.1, 0.15) is 0 Å².